The summed E-state index contributed by atoms with van der Waals surface area (Å²) in [6.45, 7) is 9.21. The van der Waals surface area contributed by atoms with Crippen LogP contribution in [0.2, 0.25) is 0 Å². The van der Waals surface area contributed by atoms with E-state index >= 15 is 0 Å². The van der Waals surface area contributed by atoms with E-state index in [1.165, 1.54) is 19.3 Å². The second-order valence-corrected chi connectivity index (χ2v) is 4.32. The summed E-state index contributed by atoms with van der Waals surface area (Å²) in [6, 6.07) is 0. The van der Waals surface area contributed by atoms with E-state index in [1.54, 1.807) is 0 Å². The molecule has 0 saturated carbocycles. The summed E-state index contributed by atoms with van der Waals surface area (Å²) in [6.07, 6.45) is 4.00. The predicted molar refractivity (Wildman–Crippen MR) is 53.6 cm³/mol. The van der Waals surface area contributed by atoms with Gasteiger partial charge in [-0.05, 0) is 26.2 Å². The molecule has 0 aromatic carbocycles. The molecule has 0 aromatic rings. The van der Waals surface area contributed by atoms with Gasteiger partial charge in [0.15, 0.2) is 5.79 Å². The van der Waals surface area contributed by atoms with Crippen molar-refractivity contribution in [1.29, 1.82) is 0 Å². The molecule has 0 radical (unpaired) electrons. The number of hydrogen-bond acceptors (Lipinski definition) is 2. The van der Waals surface area contributed by atoms with Crippen LogP contribution in [0.1, 0.15) is 47.0 Å². The number of hydrogen-bond donors (Lipinski definition) is 0. The molecule has 1 aliphatic heterocycles. The highest BCUT2D eigenvalue weighted by molar-refractivity contribution is 4.76. The van der Waals surface area contributed by atoms with Gasteiger partial charge in [-0.1, -0.05) is 26.7 Å². The molecule has 13 heavy (non-hydrogen) atoms. The van der Waals surface area contributed by atoms with Gasteiger partial charge in [0.1, 0.15) is 0 Å². The Labute approximate surface area is 81.6 Å². The van der Waals surface area contributed by atoms with E-state index in [9.17, 15) is 0 Å². The molecular formula is C11H22O2. The fourth-order valence-corrected chi connectivity index (χ4v) is 1.97. The van der Waals surface area contributed by atoms with Crippen LogP contribution in [0, 0.1) is 5.92 Å². The molecule has 0 N–H and O–H groups in total. The van der Waals surface area contributed by atoms with Crippen molar-refractivity contribution in [3.8, 4) is 0 Å². The van der Waals surface area contributed by atoms with Gasteiger partial charge in [0, 0.05) is 0 Å². The molecule has 0 aromatic heterocycles. The van der Waals surface area contributed by atoms with Crippen LogP contribution in [0.15, 0.2) is 0 Å². The molecule has 1 aliphatic rings. The van der Waals surface area contributed by atoms with E-state index in [-0.39, 0.29) is 5.79 Å². The zero-order chi connectivity index (χ0) is 9.90. The molecular weight excluding hydrogens is 164 g/mol. The van der Waals surface area contributed by atoms with E-state index in [0.717, 1.165) is 6.61 Å². The van der Waals surface area contributed by atoms with Crippen molar-refractivity contribution < 1.29 is 9.47 Å². The van der Waals surface area contributed by atoms with Gasteiger partial charge in [0.05, 0.1) is 12.7 Å². The van der Waals surface area contributed by atoms with E-state index in [1.807, 2.05) is 13.8 Å². The summed E-state index contributed by atoms with van der Waals surface area (Å²) in [4.78, 5) is 0. The van der Waals surface area contributed by atoms with Crippen molar-refractivity contribution in [1.82, 2.24) is 0 Å². The first kappa shape index (κ1) is 11.0. The summed E-state index contributed by atoms with van der Waals surface area (Å²) in [5.41, 5.74) is 0. The number of ether oxygens (including phenoxy) is 2. The highest BCUT2D eigenvalue weighted by atomic mass is 16.7. The van der Waals surface area contributed by atoms with Crippen molar-refractivity contribution in [3.63, 3.8) is 0 Å². The average Bonchev–Trinajstić information content (AvgIpc) is 2.42. The molecule has 2 nitrogen and oxygen atoms in total. The maximum Gasteiger partial charge on any atom is 0.163 e. The topological polar surface area (TPSA) is 18.5 Å². The lowest BCUT2D eigenvalue weighted by molar-refractivity contribution is -0.144. The lowest BCUT2D eigenvalue weighted by atomic mass is 9.95. The predicted octanol–water partition coefficient (Wildman–Crippen LogP) is 2.96. The molecule has 0 bridgehead atoms. The molecule has 0 spiro atoms. The Bertz CT molecular complexity index is 154. The van der Waals surface area contributed by atoms with Crippen LogP contribution in [0.25, 0.3) is 0 Å². The fraction of sp³-hybridized carbons (Fsp3) is 1.00. The molecule has 1 fully saturated rings. The van der Waals surface area contributed by atoms with Crippen LogP contribution in [0.4, 0.5) is 0 Å². The highest BCUT2D eigenvalue weighted by Crippen LogP contribution is 2.30. The van der Waals surface area contributed by atoms with Gasteiger partial charge in [0.2, 0.25) is 0 Å². The monoisotopic (exact) mass is 186 g/mol. The van der Waals surface area contributed by atoms with Gasteiger partial charge in [-0.3, -0.25) is 0 Å². The smallest absolute Gasteiger partial charge is 0.163 e. The standard InChI is InChI=1S/C11H22O2/c1-5-7-9(6-2)10-8-12-11(3,4)13-10/h9-10H,5-8H2,1-4H3. The lowest BCUT2D eigenvalue weighted by Gasteiger charge is -2.22. The third-order valence-corrected chi connectivity index (χ3v) is 2.74. The Morgan fingerprint density at radius 3 is 2.46 bits per heavy atom. The molecule has 1 saturated heterocycles. The summed E-state index contributed by atoms with van der Waals surface area (Å²) < 4.78 is 11.4. The minimum atomic E-state index is -0.355. The number of rotatable bonds is 4. The second-order valence-electron chi connectivity index (χ2n) is 4.32. The van der Waals surface area contributed by atoms with Crippen LogP contribution in [-0.2, 0) is 9.47 Å². The SMILES string of the molecule is CCCC(CC)C1COC(C)(C)O1. The normalized spacial score (nSPS) is 29.1. The largest absolute Gasteiger partial charge is 0.348 e. The van der Waals surface area contributed by atoms with E-state index in [4.69, 9.17) is 9.47 Å². The first-order chi connectivity index (χ1) is 6.09. The van der Waals surface area contributed by atoms with Crippen LogP contribution in [0.5, 0.6) is 0 Å². The fourth-order valence-electron chi connectivity index (χ4n) is 1.97. The first-order valence-electron chi connectivity index (χ1n) is 5.40. The summed E-state index contributed by atoms with van der Waals surface area (Å²) in [5.74, 6) is 0.318. The lowest BCUT2D eigenvalue weighted by Crippen LogP contribution is -2.26. The average molecular weight is 186 g/mol. The minimum absolute atomic E-state index is 0.319. The van der Waals surface area contributed by atoms with Crippen molar-refractivity contribution in [3.05, 3.63) is 0 Å². The molecule has 2 heteroatoms. The van der Waals surface area contributed by atoms with E-state index in [0.29, 0.717) is 12.0 Å². The van der Waals surface area contributed by atoms with Gasteiger partial charge < -0.3 is 9.47 Å². The Morgan fingerprint density at radius 1 is 1.38 bits per heavy atom. The van der Waals surface area contributed by atoms with Crippen molar-refractivity contribution in [2.24, 2.45) is 5.92 Å². The van der Waals surface area contributed by atoms with E-state index in [2.05, 4.69) is 13.8 Å². The molecule has 1 heterocycles. The molecule has 78 valence electrons. The zero-order valence-corrected chi connectivity index (χ0v) is 9.30. The summed E-state index contributed by atoms with van der Waals surface area (Å²) in [7, 11) is 0. The van der Waals surface area contributed by atoms with Gasteiger partial charge in [0.25, 0.3) is 0 Å². The second kappa shape index (κ2) is 4.43. The molecule has 1 rings (SSSR count). The summed E-state index contributed by atoms with van der Waals surface area (Å²) >= 11 is 0. The molecule has 2 unspecified atom stereocenters. The zero-order valence-electron chi connectivity index (χ0n) is 9.30. The minimum Gasteiger partial charge on any atom is -0.348 e. The first-order valence-corrected chi connectivity index (χ1v) is 5.40. The van der Waals surface area contributed by atoms with Crippen molar-refractivity contribution >= 4 is 0 Å². The Hall–Kier alpha value is -0.0800. The van der Waals surface area contributed by atoms with Crippen LogP contribution < -0.4 is 0 Å². The molecule has 2 atom stereocenters. The Morgan fingerprint density at radius 2 is 2.08 bits per heavy atom. The van der Waals surface area contributed by atoms with Gasteiger partial charge in [-0.2, -0.15) is 0 Å². The summed E-state index contributed by atoms with van der Waals surface area (Å²) in [5, 5.41) is 0. The maximum absolute atomic E-state index is 5.83. The molecule has 0 amide bonds. The van der Waals surface area contributed by atoms with Gasteiger partial charge >= 0.3 is 0 Å². The maximum atomic E-state index is 5.83. The van der Waals surface area contributed by atoms with Gasteiger partial charge in [-0.25, -0.2) is 0 Å². The van der Waals surface area contributed by atoms with E-state index < -0.39 is 0 Å². The van der Waals surface area contributed by atoms with Crippen LogP contribution >= 0.6 is 0 Å². The highest BCUT2D eigenvalue weighted by Gasteiger charge is 2.36. The van der Waals surface area contributed by atoms with Crippen LogP contribution in [-0.4, -0.2) is 18.5 Å². The Balaban J connectivity index is 2.43. The van der Waals surface area contributed by atoms with Gasteiger partial charge in [-0.15, -0.1) is 0 Å². The quantitative estimate of drug-likeness (QED) is 0.672. The molecule has 0 aliphatic carbocycles. The van der Waals surface area contributed by atoms with Crippen LogP contribution in [0.3, 0.4) is 0 Å². The third-order valence-electron chi connectivity index (χ3n) is 2.74. The van der Waals surface area contributed by atoms with Crippen molar-refractivity contribution in [2.45, 2.75) is 58.8 Å². The van der Waals surface area contributed by atoms with Crippen molar-refractivity contribution in [2.75, 3.05) is 6.61 Å². The third kappa shape index (κ3) is 2.96. The Kier molecular flexibility index (Phi) is 3.74.